The van der Waals surface area contributed by atoms with Crippen LogP contribution in [0.4, 0.5) is 0 Å². The predicted octanol–water partition coefficient (Wildman–Crippen LogP) is 12.2. The molecular weight excluding hydrogens is 649 g/mol. The van der Waals surface area contributed by atoms with Gasteiger partial charge in [0, 0.05) is 13.0 Å². The molecule has 2 atom stereocenters. The lowest BCUT2D eigenvalue weighted by Gasteiger charge is -2.19. The van der Waals surface area contributed by atoms with Crippen LogP contribution in [0.2, 0.25) is 0 Å². The van der Waals surface area contributed by atoms with E-state index in [-0.39, 0.29) is 32.3 Å². The van der Waals surface area contributed by atoms with Crippen LogP contribution in [0.5, 0.6) is 0 Å². The summed E-state index contributed by atoms with van der Waals surface area (Å²) < 4.78 is 33.1. The Morgan fingerprint density at radius 2 is 1.08 bits per heavy atom. The summed E-state index contributed by atoms with van der Waals surface area (Å²) in [4.78, 5) is 22.4. The van der Waals surface area contributed by atoms with Gasteiger partial charge >= 0.3 is 13.8 Å². The fourth-order valence-electron chi connectivity index (χ4n) is 5.58. The second-order valence-electron chi connectivity index (χ2n) is 13.6. The SMILES string of the molecule is CCCCCC=CCC=CCCCCCCCCCC(=O)OC(COC=CCCCCCCCCCCCCCC)COP(=O)(O)OCCN. The van der Waals surface area contributed by atoms with Crippen LogP contribution in [0.25, 0.3) is 0 Å². The summed E-state index contributed by atoms with van der Waals surface area (Å²) in [5, 5.41) is 0. The molecule has 0 aromatic carbocycles. The van der Waals surface area contributed by atoms with E-state index in [1.54, 1.807) is 6.26 Å². The maximum Gasteiger partial charge on any atom is 0.472 e. The molecule has 0 rings (SSSR count). The fourth-order valence-corrected chi connectivity index (χ4v) is 6.35. The highest BCUT2D eigenvalue weighted by molar-refractivity contribution is 7.47. The van der Waals surface area contributed by atoms with E-state index in [2.05, 4.69) is 38.2 Å². The van der Waals surface area contributed by atoms with Crippen molar-refractivity contribution in [3.8, 4) is 0 Å². The number of hydrogen-bond acceptors (Lipinski definition) is 7. The molecule has 9 heteroatoms. The van der Waals surface area contributed by atoms with Gasteiger partial charge in [-0.1, -0.05) is 154 Å². The smallest absolute Gasteiger partial charge is 0.472 e. The van der Waals surface area contributed by atoms with Gasteiger partial charge in [-0.2, -0.15) is 0 Å². The van der Waals surface area contributed by atoms with Gasteiger partial charge in [0.1, 0.15) is 6.61 Å². The van der Waals surface area contributed by atoms with E-state index in [9.17, 15) is 14.3 Å². The van der Waals surface area contributed by atoms with Gasteiger partial charge in [-0.25, -0.2) is 4.57 Å². The van der Waals surface area contributed by atoms with E-state index in [1.165, 1.54) is 122 Å². The number of unbranched alkanes of at least 4 members (excludes halogenated alkanes) is 22. The largest absolute Gasteiger partial charge is 0.498 e. The highest BCUT2D eigenvalue weighted by Gasteiger charge is 2.25. The van der Waals surface area contributed by atoms with Gasteiger partial charge in [-0.15, -0.1) is 0 Å². The number of esters is 1. The Morgan fingerprint density at radius 1 is 0.620 bits per heavy atom. The third-order valence-corrected chi connectivity index (χ3v) is 9.61. The monoisotopic (exact) mass is 728 g/mol. The van der Waals surface area contributed by atoms with Gasteiger partial charge in [0.2, 0.25) is 0 Å². The molecular formula is C41H78NO7P. The van der Waals surface area contributed by atoms with Gasteiger partial charge in [-0.05, 0) is 57.4 Å². The predicted molar refractivity (Wildman–Crippen MR) is 210 cm³/mol. The second-order valence-corrected chi connectivity index (χ2v) is 15.0. The van der Waals surface area contributed by atoms with Crippen LogP contribution in [0.15, 0.2) is 36.6 Å². The molecule has 0 spiro atoms. The summed E-state index contributed by atoms with van der Waals surface area (Å²) in [6.07, 6.45) is 43.9. The molecule has 0 heterocycles. The first kappa shape index (κ1) is 48.6. The molecule has 50 heavy (non-hydrogen) atoms. The van der Waals surface area contributed by atoms with Gasteiger partial charge in [0.25, 0.3) is 0 Å². The highest BCUT2D eigenvalue weighted by atomic mass is 31.2. The van der Waals surface area contributed by atoms with E-state index in [4.69, 9.17) is 24.3 Å². The van der Waals surface area contributed by atoms with Crippen LogP contribution in [0.3, 0.4) is 0 Å². The molecule has 0 saturated carbocycles. The van der Waals surface area contributed by atoms with E-state index in [1.807, 2.05) is 6.08 Å². The maximum atomic E-state index is 12.5. The maximum absolute atomic E-state index is 12.5. The summed E-state index contributed by atoms with van der Waals surface area (Å²) in [5.41, 5.74) is 5.35. The molecule has 0 aromatic heterocycles. The summed E-state index contributed by atoms with van der Waals surface area (Å²) in [5.74, 6) is -0.360. The molecule has 0 saturated heterocycles. The highest BCUT2D eigenvalue weighted by Crippen LogP contribution is 2.43. The molecule has 0 aliphatic rings. The van der Waals surface area contributed by atoms with Crippen LogP contribution in [-0.2, 0) is 27.9 Å². The molecule has 0 radical (unpaired) electrons. The lowest BCUT2D eigenvalue weighted by atomic mass is 10.0. The van der Waals surface area contributed by atoms with Crippen molar-refractivity contribution in [1.29, 1.82) is 0 Å². The molecule has 0 amide bonds. The summed E-state index contributed by atoms with van der Waals surface area (Å²) in [6, 6.07) is 0. The number of nitrogens with two attached hydrogens (primary N) is 1. The molecule has 0 aliphatic carbocycles. The zero-order chi connectivity index (χ0) is 36.6. The summed E-state index contributed by atoms with van der Waals surface area (Å²) in [6.45, 7) is 4.21. The lowest BCUT2D eigenvalue weighted by Crippen LogP contribution is -2.27. The second kappa shape index (κ2) is 38.8. The molecule has 2 unspecified atom stereocenters. The Labute approximate surface area is 308 Å². The Morgan fingerprint density at radius 3 is 1.62 bits per heavy atom. The number of hydrogen-bond donors (Lipinski definition) is 2. The van der Waals surface area contributed by atoms with Gasteiger partial charge < -0.3 is 20.1 Å². The van der Waals surface area contributed by atoms with Crippen LogP contribution in [-0.4, -0.2) is 43.3 Å². The van der Waals surface area contributed by atoms with Gasteiger partial charge in [-0.3, -0.25) is 13.8 Å². The number of rotatable bonds is 39. The quantitative estimate of drug-likeness (QED) is 0.0211. The molecule has 0 fully saturated rings. The number of carbonyl (C=O) groups is 1. The molecule has 0 bridgehead atoms. The first-order valence-electron chi connectivity index (χ1n) is 20.5. The number of ether oxygens (including phenoxy) is 2. The van der Waals surface area contributed by atoms with Crippen molar-refractivity contribution in [2.75, 3.05) is 26.4 Å². The van der Waals surface area contributed by atoms with E-state index < -0.39 is 13.9 Å². The minimum Gasteiger partial charge on any atom is -0.498 e. The third-order valence-electron chi connectivity index (χ3n) is 8.62. The van der Waals surface area contributed by atoms with E-state index in [0.29, 0.717) is 6.42 Å². The fraction of sp³-hybridized carbons (Fsp3) is 0.829. The van der Waals surface area contributed by atoms with Crippen LogP contribution in [0, 0.1) is 0 Å². The van der Waals surface area contributed by atoms with Crippen LogP contribution < -0.4 is 5.73 Å². The van der Waals surface area contributed by atoms with Crippen molar-refractivity contribution < 1.29 is 32.8 Å². The Hall–Kier alpha value is -1.44. The topological polar surface area (TPSA) is 117 Å². The first-order chi connectivity index (χ1) is 24.4. The normalized spacial score (nSPS) is 13.8. The van der Waals surface area contributed by atoms with Gasteiger partial charge in [0.15, 0.2) is 6.10 Å². The molecule has 0 aliphatic heterocycles. The number of carbonyl (C=O) groups excluding carboxylic acids is 1. The van der Waals surface area contributed by atoms with Crippen molar-refractivity contribution in [2.24, 2.45) is 5.73 Å². The lowest BCUT2D eigenvalue weighted by molar-refractivity contribution is -0.153. The van der Waals surface area contributed by atoms with Crippen LogP contribution in [0.1, 0.15) is 187 Å². The average Bonchev–Trinajstić information content (AvgIpc) is 3.10. The third kappa shape index (κ3) is 37.8. The van der Waals surface area contributed by atoms with E-state index in [0.717, 1.165) is 44.9 Å². The Bertz CT molecular complexity index is 864. The minimum atomic E-state index is -4.29. The minimum absolute atomic E-state index is 0.0303. The molecule has 0 aromatic rings. The first-order valence-corrected chi connectivity index (χ1v) is 22.0. The molecule has 8 nitrogen and oxygen atoms in total. The summed E-state index contributed by atoms with van der Waals surface area (Å²) in [7, 11) is -4.29. The van der Waals surface area contributed by atoms with Crippen LogP contribution >= 0.6 is 7.82 Å². The number of phosphoric ester groups is 1. The van der Waals surface area contributed by atoms with Crippen molar-refractivity contribution >= 4 is 13.8 Å². The van der Waals surface area contributed by atoms with Crippen molar-refractivity contribution in [1.82, 2.24) is 0 Å². The zero-order valence-corrected chi connectivity index (χ0v) is 33.3. The van der Waals surface area contributed by atoms with Crippen molar-refractivity contribution in [3.05, 3.63) is 36.6 Å². The van der Waals surface area contributed by atoms with Crippen molar-refractivity contribution in [2.45, 2.75) is 193 Å². The average molecular weight is 728 g/mol. The number of allylic oxidation sites excluding steroid dienone is 5. The number of phosphoric acid groups is 1. The molecule has 294 valence electrons. The van der Waals surface area contributed by atoms with Gasteiger partial charge in [0.05, 0.1) is 19.5 Å². The summed E-state index contributed by atoms with van der Waals surface area (Å²) >= 11 is 0. The van der Waals surface area contributed by atoms with Crippen molar-refractivity contribution in [3.63, 3.8) is 0 Å². The Kier molecular flexibility index (Phi) is 37.7. The Balaban J connectivity index is 4.12. The van der Waals surface area contributed by atoms with E-state index >= 15 is 0 Å². The zero-order valence-electron chi connectivity index (χ0n) is 32.4. The molecule has 3 N–H and O–H groups in total. The standard InChI is InChI=1S/C41H78NO7P/c1-3-5-7-9-11-13-15-17-19-20-21-22-24-26-28-30-32-34-41(43)49-40(39-48-50(44,45)47-37-35-42)38-46-36-33-31-29-27-25-23-18-16-14-12-10-8-6-4-2/h11,13,17,19,33,36,40H,3-10,12,14-16,18,20-32,34-35,37-39,42H2,1-2H3,(H,44,45).